The molecular formula is C32H28O4. The number of carbonyl (C=O) groups excluding carboxylic acids is 2. The van der Waals surface area contributed by atoms with Crippen LogP contribution < -0.4 is 4.74 Å². The van der Waals surface area contributed by atoms with Gasteiger partial charge in [-0.1, -0.05) is 72.8 Å². The van der Waals surface area contributed by atoms with Crippen molar-refractivity contribution in [1.29, 1.82) is 0 Å². The highest BCUT2D eigenvalue weighted by atomic mass is 16.5. The predicted molar refractivity (Wildman–Crippen MR) is 138 cm³/mol. The molecule has 3 aliphatic rings. The maximum atomic E-state index is 13.7. The zero-order valence-electron chi connectivity index (χ0n) is 20.3. The van der Waals surface area contributed by atoms with E-state index in [9.17, 15) is 9.59 Å². The summed E-state index contributed by atoms with van der Waals surface area (Å²) in [5, 5.41) is 0. The lowest BCUT2D eigenvalue weighted by molar-refractivity contribution is -0.118. The Hall–Kier alpha value is -3.92. The van der Waals surface area contributed by atoms with E-state index < -0.39 is 5.92 Å². The Morgan fingerprint density at radius 3 is 1.53 bits per heavy atom. The molecule has 0 fully saturated rings. The minimum absolute atomic E-state index is 0.0652. The molecule has 4 nitrogen and oxygen atoms in total. The van der Waals surface area contributed by atoms with Crippen LogP contribution in [0.2, 0.25) is 0 Å². The van der Waals surface area contributed by atoms with Crippen molar-refractivity contribution in [3.8, 4) is 5.75 Å². The van der Waals surface area contributed by atoms with E-state index in [0.29, 0.717) is 36.8 Å². The quantitative estimate of drug-likeness (QED) is 0.425. The van der Waals surface area contributed by atoms with Crippen molar-refractivity contribution in [2.24, 2.45) is 0 Å². The van der Waals surface area contributed by atoms with Crippen molar-refractivity contribution < 1.29 is 19.1 Å². The Morgan fingerprint density at radius 1 is 0.611 bits per heavy atom. The average Bonchev–Trinajstić information content (AvgIpc) is 2.93. The minimum atomic E-state index is -0.400. The fourth-order valence-corrected chi connectivity index (χ4v) is 5.97. The molecular weight excluding hydrogens is 448 g/mol. The van der Waals surface area contributed by atoms with Crippen molar-refractivity contribution >= 4 is 11.6 Å². The summed E-state index contributed by atoms with van der Waals surface area (Å²) in [6, 6.07) is 28.1. The topological polar surface area (TPSA) is 52.6 Å². The first-order valence-corrected chi connectivity index (χ1v) is 12.6. The van der Waals surface area contributed by atoms with Crippen molar-refractivity contribution in [2.75, 3.05) is 7.11 Å². The van der Waals surface area contributed by atoms with Gasteiger partial charge in [0.2, 0.25) is 0 Å². The third-order valence-corrected chi connectivity index (χ3v) is 7.74. The van der Waals surface area contributed by atoms with Crippen molar-refractivity contribution in [1.82, 2.24) is 0 Å². The third-order valence-electron chi connectivity index (χ3n) is 7.74. The summed E-state index contributed by atoms with van der Waals surface area (Å²) in [5.74, 6) is 2.06. The van der Waals surface area contributed by atoms with E-state index in [0.717, 1.165) is 34.0 Å². The van der Waals surface area contributed by atoms with Gasteiger partial charge >= 0.3 is 0 Å². The number of hydrogen-bond acceptors (Lipinski definition) is 4. The van der Waals surface area contributed by atoms with Crippen LogP contribution in [0.1, 0.15) is 60.1 Å². The molecule has 0 spiro atoms. The lowest BCUT2D eigenvalue weighted by atomic mass is 9.69. The molecule has 2 unspecified atom stereocenters. The van der Waals surface area contributed by atoms with Crippen LogP contribution >= 0.6 is 0 Å². The number of carbonyl (C=O) groups is 2. The van der Waals surface area contributed by atoms with E-state index in [1.54, 1.807) is 7.11 Å². The van der Waals surface area contributed by atoms with Crippen LogP contribution in [0.15, 0.2) is 108 Å². The van der Waals surface area contributed by atoms with Crippen LogP contribution in [0.25, 0.3) is 0 Å². The number of ether oxygens (including phenoxy) is 2. The van der Waals surface area contributed by atoms with E-state index in [1.165, 1.54) is 0 Å². The fraction of sp³-hybridized carbons (Fsp3) is 0.250. The Balaban J connectivity index is 1.44. The summed E-state index contributed by atoms with van der Waals surface area (Å²) in [6.45, 7) is 0. The van der Waals surface area contributed by atoms with Gasteiger partial charge in [-0.15, -0.1) is 0 Å². The largest absolute Gasteiger partial charge is 0.497 e. The van der Waals surface area contributed by atoms with Gasteiger partial charge in [0.15, 0.2) is 11.6 Å². The monoisotopic (exact) mass is 476 g/mol. The molecule has 0 saturated carbocycles. The highest BCUT2D eigenvalue weighted by molar-refractivity contribution is 6.06. The molecule has 36 heavy (non-hydrogen) atoms. The molecule has 3 aromatic rings. The van der Waals surface area contributed by atoms with E-state index in [4.69, 9.17) is 9.47 Å². The lowest BCUT2D eigenvalue weighted by Crippen LogP contribution is -2.33. The molecule has 3 aromatic carbocycles. The molecule has 4 heteroatoms. The number of benzene rings is 3. The summed E-state index contributed by atoms with van der Waals surface area (Å²) < 4.78 is 11.9. The van der Waals surface area contributed by atoms with E-state index in [1.807, 2.05) is 60.7 Å². The number of methoxy groups -OCH3 is 1. The summed E-state index contributed by atoms with van der Waals surface area (Å²) in [4.78, 5) is 27.4. The Kier molecular flexibility index (Phi) is 5.80. The standard InChI is InChI=1S/C32H28O4/c1-35-25-14-12-22(13-15-25)30-31-26(33)16-23(20-8-4-2-5-9-20)18-28(31)36-29-19-24(17-27(34)32(29)30)21-10-6-3-7-11-21/h2-15,23-24,30H,16-19H2,1H3. The first-order chi connectivity index (χ1) is 17.6. The molecule has 0 bridgehead atoms. The number of ketones is 2. The van der Waals surface area contributed by atoms with Crippen LogP contribution in [-0.2, 0) is 14.3 Å². The fourth-order valence-electron chi connectivity index (χ4n) is 5.97. The molecule has 2 aliphatic carbocycles. The van der Waals surface area contributed by atoms with Gasteiger partial charge in [0.25, 0.3) is 0 Å². The average molecular weight is 477 g/mol. The summed E-state index contributed by atoms with van der Waals surface area (Å²) in [7, 11) is 1.63. The van der Waals surface area contributed by atoms with Gasteiger partial charge < -0.3 is 9.47 Å². The number of Topliss-reactive ketones (excluding diaryl/α,β-unsaturated/α-hetero) is 2. The molecule has 1 heterocycles. The van der Waals surface area contributed by atoms with Gasteiger partial charge in [0, 0.05) is 42.7 Å². The molecule has 1 aliphatic heterocycles. The van der Waals surface area contributed by atoms with Crippen LogP contribution in [0, 0.1) is 0 Å². The zero-order valence-corrected chi connectivity index (χ0v) is 20.3. The van der Waals surface area contributed by atoms with Gasteiger partial charge in [-0.3, -0.25) is 9.59 Å². The zero-order chi connectivity index (χ0) is 24.6. The highest BCUT2D eigenvalue weighted by Crippen LogP contribution is 2.52. The maximum Gasteiger partial charge on any atom is 0.163 e. The predicted octanol–water partition coefficient (Wildman–Crippen LogP) is 6.61. The van der Waals surface area contributed by atoms with Gasteiger partial charge in [0.1, 0.15) is 17.3 Å². The SMILES string of the molecule is COc1ccc(C2C3=C(CC(c4ccccc4)CC3=O)OC3=C2C(=O)CC(c2ccccc2)C3)cc1. The molecule has 0 amide bonds. The highest BCUT2D eigenvalue weighted by Gasteiger charge is 2.45. The Labute approximate surface area is 211 Å². The summed E-state index contributed by atoms with van der Waals surface area (Å²) in [6.07, 6.45) is 2.14. The van der Waals surface area contributed by atoms with Crippen LogP contribution in [0.5, 0.6) is 5.75 Å². The Morgan fingerprint density at radius 2 is 1.08 bits per heavy atom. The molecule has 0 N–H and O–H groups in total. The smallest absolute Gasteiger partial charge is 0.163 e. The van der Waals surface area contributed by atoms with Crippen molar-refractivity contribution in [3.63, 3.8) is 0 Å². The first-order valence-electron chi connectivity index (χ1n) is 12.6. The molecule has 2 atom stereocenters. The van der Waals surface area contributed by atoms with Crippen LogP contribution in [0.3, 0.4) is 0 Å². The number of allylic oxidation sites excluding steroid dienone is 4. The molecule has 0 radical (unpaired) electrons. The molecule has 0 aromatic heterocycles. The van der Waals surface area contributed by atoms with E-state index >= 15 is 0 Å². The minimum Gasteiger partial charge on any atom is -0.497 e. The second-order valence-electron chi connectivity index (χ2n) is 9.86. The number of rotatable bonds is 4. The normalized spacial score (nSPS) is 23.6. The summed E-state index contributed by atoms with van der Waals surface area (Å²) >= 11 is 0. The van der Waals surface area contributed by atoms with E-state index in [2.05, 4.69) is 24.3 Å². The first kappa shape index (κ1) is 22.5. The molecule has 0 saturated heterocycles. The molecule has 180 valence electrons. The maximum absolute atomic E-state index is 13.7. The second kappa shape index (κ2) is 9.27. The Bertz CT molecular complexity index is 1280. The van der Waals surface area contributed by atoms with Crippen LogP contribution in [0.4, 0.5) is 0 Å². The van der Waals surface area contributed by atoms with Gasteiger partial charge in [-0.05, 0) is 40.7 Å². The lowest BCUT2D eigenvalue weighted by Gasteiger charge is -2.39. The molecule has 6 rings (SSSR count). The van der Waals surface area contributed by atoms with Crippen molar-refractivity contribution in [2.45, 2.75) is 43.4 Å². The van der Waals surface area contributed by atoms with E-state index in [-0.39, 0.29) is 23.4 Å². The van der Waals surface area contributed by atoms with Crippen molar-refractivity contribution in [3.05, 3.63) is 124 Å². The van der Waals surface area contributed by atoms with Crippen LogP contribution in [-0.4, -0.2) is 18.7 Å². The second-order valence-corrected chi connectivity index (χ2v) is 9.86. The third kappa shape index (κ3) is 3.97. The van der Waals surface area contributed by atoms with Gasteiger partial charge in [-0.2, -0.15) is 0 Å². The summed E-state index contributed by atoms with van der Waals surface area (Å²) in [5.41, 5.74) is 4.51. The number of hydrogen-bond donors (Lipinski definition) is 0. The van der Waals surface area contributed by atoms with Gasteiger partial charge in [-0.25, -0.2) is 0 Å². The van der Waals surface area contributed by atoms with Gasteiger partial charge in [0.05, 0.1) is 7.11 Å².